The van der Waals surface area contributed by atoms with Crippen LogP contribution < -0.4 is 11.1 Å². The van der Waals surface area contributed by atoms with E-state index in [1.165, 1.54) is 0 Å². The molecule has 16 heavy (non-hydrogen) atoms. The van der Waals surface area contributed by atoms with Crippen molar-refractivity contribution in [2.75, 3.05) is 11.1 Å². The lowest BCUT2D eigenvalue weighted by Crippen LogP contribution is -1.95. The third-order valence-electron chi connectivity index (χ3n) is 2.12. The van der Waals surface area contributed by atoms with E-state index in [2.05, 4.69) is 21.2 Å². The van der Waals surface area contributed by atoms with Crippen LogP contribution in [0.5, 0.6) is 0 Å². The molecule has 0 aromatic heterocycles. The molecule has 0 aliphatic carbocycles. The summed E-state index contributed by atoms with van der Waals surface area (Å²) in [7, 11) is 0. The van der Waals surface area contributed by atoms with E-state index in [1.54, 1.807) is 18.2 Å². The van der Waals surface area contributed by atoms with E-state index in [-0.39, 0.29) is 0 Å². The number of nitrogen functional groups attached to an aromatic ring is 1. The van der Waals surface area contributed by atoms with Crippen molar-refractivity contribution in [2.45, 2.75) is 0 Å². The third kappa shape index (κ3) is 2.68. The molecule has 2 aromatic rings. The van der Waals surface area contributed by atoms with Gasteiger partial charge in [-0.25, -0.2) is 0 Å². The first-order valence-corrected chi connectivity index (χ1v) is 5.90. The molecular formula is C12H10BrClN2. The maximum Gasteiger partial charge on any atom is 0.0632 e. The minimum absolute atomic E-state index is 0.659. The Morgan fingerprint density at radius 2 is 1.94 bits per heavy atom. The molecule has 0 unspecified atom stereocenters. The van der Waals surface area contributed by atoms with E-state index >= 15 is 0 Å². The predicted octanol–water partition coefficient (Wildman–Crippen LogP) is 4.43. The summed E-state index contributed by atoms with van der Waals surface area (Å²) < 4.78 is 1.01. The molecule has 0 atom stereocenters. The van der Waals surface area contributed by atoms with E-state index in [9.17, 15) is 0 Å². The molecule has 0 saturated carbocycles. The van der Waals surface area contributed by atoms with Gasteiger partial charge in [0.05, 0.1) is 11.4 Å². The van der Waals surface area contributed by atoms with Crippen LogP contribution in [0.1, 0.15) is 0 Å². The van der Waals surface area contributed by atoms with Crippen LogP contribution in [0.25, 0.3) is 0 Å². The average molecular weight is 298 g/mol. The molecule has 0 aliphatic heterocycles. The minimum atomic E-state index is 0.659. The van der Waals surface area contributed by atoms with Gasteiger partial charge in [0, 0.05) is 15.2 Å². The molecule has 2 rings (SSSR count). The number of hydrogen-bond donors (Lipinski definition) is 2. The second-order valence-electron chi connectivity index (χ2n) is 3.37. The second-order valence-corrected chi connectivity index (χ2v) is 4.72. The summed E-state index contributed by atoms with van der Waals surface area (Å²) >= 11 is 9.32. The van der Waals surface area contributed by atoms with Crippen LogP contribution in [0.4, 0.5) is 17.1 Å². The molecule has 2 aromatic carbocycles. The Kier molecular flexibility index (Phi) is 3.36. The quantitative estimate of drug-likeness (QED) is 0.805. The van der Waals surface area contributed by atoms with Gasteiger partial charge < -0.3 is 11.1 Å². The zero-order valence-electron chi connectivity index (χ0n) is 8.37. The lowest BCUT2D eigenvalue weighted by Gasteiger charge is -2.09. The van der Waals surface area contributed by atoms with E-state index in [0.717, 1.165) is 15.8 Å². The van der Waals surface area contributed by atoms with Crippen molar-refractivity contribution in [1.29, 1.82) is 0 Å². The first-order valence-electron chi connectivity index (χ1n) is 4.73. The van der Waals surface area contributed by atoms with Crippen molar-refractivity contribution in [3.8, 4) is 0 Å². The summed E-state index contributed by atoms with van der Waals surface area (Å²) in [5.41, 5.74) is 8.29. The molecule has 0 aliphatic rings. The average Bonchev–Trinajstić information content (AvgIpc) is 2.24. The normalized spacial score (nSPS) is 10.1. The van der Waals surface area contributed by atoms with Gasteiger partial charge in [0.2, 0.25) is 0 Å². The van der Waals surface area contributed by atoms with Crippen LogP contribution in [-0.4, -0.2) is 0 Å². The number of anilines is 3. The van der Waals surface area contributed by atoms with Crippen molar-refractivity contribution in [1.82, 2.24) is 0 Å². The van der Waals surface area contributed by atoms with Crippen LogP contribution in [0.2, 0.25) is 5.02 Å². The Balaban J connectivity index is 2.30. The zero-order chi connectivity index (χ0) is 11.5. The molecule has 0 radical (unpaired) electrons. The summed E-state index contributed by atoms with van der Waals surface area (Å²) in [4.78, 5) is 0. The monoisotopic (exact) mass is 296 g/mol. The Hall–Kier alpha value is -1.19. The Morgan fingerprint density at radius 3 is 2.69 bits per heavy atom. The number of benzene rings is 2. The van der Waals surface area contributed by atoms with Gasteiger partial charge >= 0.3 is 0 Å². The van der Waals surface area contributed by atoms with Gasteiger partial charge in [0.1, 0.15) is 0 Å². The summed E-state index contributed by atoms with van der Waals surface area (Å²) in [6.45, 7) is 0. The van der Waals surface area contributed by atoms with Gasteiger partial charge in [-0.2, -0.15) is 0 Å². The van der Waals surface area contributed by atoms with Gasteiger partial charge in [-0.1, -0.05) is 33.6 Å². The molecule has 4 heteroatoms. The lowest BCUT2D eigenvalue weighted by molar-refractivity contribution is 1.53. The van der Waals surface area contributed by atoms with E-state index in [0.29, 0.717) is 10.7 Å². The number of halogens is 2. The SMILES string of the molecule is Nc1ccc(Cl)cc1Nc1cccc(Br)c1. The topological polar surface area (TPSA) is 38.0 Å². The Morgan fingerprint density at radius 1 is 1.12 bits per heavy atom. The van der Waals surface area contributed by atoms with Gasteiger partial charge in [0.25, 0.3) is 0 Å². The third-order valence-corrected chi connectivity index (χ3v) is 2.85. The second kappa shape index (κ2) is 4.76. The molecule has 0 fully saturated rings. The molecule has 0 saturated heterocycles. The molecule has 2 nitrogen and oxygen atoms in total. The highest BCUT2D eigenvalue weighted by molar-refractivity contribution is 9.10. The number of nitrogens with two attached hydrogens (primary N) is 1. The molecule has 82 valence electrons. The van der Waals surface area contributed by atoms with E-state index < -0.39 is 0 Å². The smallest absolute Gasteiger partial charge is 0.0632 e. The summed E-state index contributed by atoms with van der Waals surface area (Å²) in [5.74, 6) is 0. The van der Waals surface area contributed by atoms with Crippen LogP contribution >= 0.6 is 27.5 Å². The minimum Gasteiger partial charge on any atom is -0.397 e. The highest BCUT2D eigenvalue weighted by atomic mass is 79.9. The Labute approximate surface area is 108 Å². The summed E-state index contributed by atoms with van der Waals surface area (Å²) in [6.07, 6.45) is 0. The molecular weight excluding hydrogens is 288 g/mol. The predicted molar refractivity (Wildman–Crippen MR) is 73.3 cm³/mol. The Bertz CT molecular complexity index is 514. The van der Waals surface area contributed by atoms with Crippen LogP contribution in [-0.2, 0) is 0 Å². The van der Waals surface area contributed by atoms with Crippen LogP contribution in [0.15, 0.2) is 46.9 Å². The highest BCUT2D eigenvalue weighted by Crippen LogP contribution is 2.27. The van der Waals surface area contributed by atoms with Crippen molar-refractivity contribution < 1.29 is 0 Å². The lowest BCUT2D eigenvalue weighted by atomic mass is 10.2. The van der Waals surface area contributed by atoms with Crippen LogP contribution in [0, 0.1) is 0 Å². The van der Waals surface area contributed by atoms with Crippen molar-refractivity contribution >= 4 is 44.6 Å². The number of hydrogen-bond acceptors (Lipinski definition) is 2. The molecule has 0 spiro atoms. The largest absolute Gasteiger partial charge is 0.397 e. The molecule has 0 bridgehead atoms. The van der Waals surface area contributed by atoms with Crippen molar-refractivity contribution in [2.24, 2.45) is 0 Å². The first-order chi connectivity index (χ1) is 7.65. The maximum absolute atomic E-state index is 5.91. The standard InChI is InChI=1S/C12H10BrClN2/c13-8-2-1-3-10(6-8)16-12-7-9(14)4-5-11(12)15/h1-7,16H,15H2. The van der Waals surface area contributed by atoms with Gasteiger partial charge in [0.15, 0.2) is 0 Å². The fraction of sp³-hybridized carbons (Fsp3) is 0. The molecule has 3 N–H and O–H groups in total. The van der Waals surface area contributed by atoms with E-state index in [1.807, 2.05) is 24.3 Å². The van der Waals surface area contributed by atoms with E-state index in [4.69, 9.17) is 17.3 Å². The summed E-state index contributed by atoms with van der Waals surface area (Å²) in [5, 5.41) is 3.87. The highest BCUT2D eigenvalue weighted by Gasteiger charge is 2.01. The number of rotatable bonds is 2. The van der Waals surface area contributed by atoms with Crippen LogP contribution in [0.3, 0.4) is 0 Å². The molecule has 0 heterocycles. The first kappa shape index (κ1) is 11.3. The van der Waals surface area contributed by atoms with Gasteiger partial charge in [-0.05, 0) is 36.4 Å². The van der Waals surface area contributed by atoms with Crippen molar-refractivity contribution in [3.63, 3.8) is 0 Å². The maximum atomic E-state index is 5.91. The fourth-order valence-corrected chi connectivity index (χ4v) is 1.93. The summed E-state index contributed by atoms with van der Waals surface area (Å²) in [6, 6.07) is 13.2. The van der Waals surface area contributed by atoms with Gasteiger partial charge in [-0.15, -0.1) is 0 Å². The fourth-order valence-electron chi connectivity index (χ4n) is 1.36. The number of nitrogens with one attached hydrogen (secondary N) is 1. The van der Waals surface area contributed by atoms with Crippen molar-refractivity contribution in [3.05, 3.63) is 52.0 Å². The molecule has 0 amide bonds. The zero-order valence-corrected chi connectivity index (χ0v) is 10.7. The van der Waals surface area contributed by atoms with Gasteiger partial charge in [-0.3, -0.25) is 0 Å².